The standard InChI is InChI=1S/C24H24N4O4S/c1-15(2)28-23-17(13-25-28)16(12-18(26-23)20-7-4-10-31-20)24(30)32-14-22(29)27-9-3-6-19(27)21-8-5-11-33-21/h4-5,7-8,10-13,15,19H,3,6,9,14H2,1-2H3. The van der Waals surface area contributed by atoms with E-state index in [1.165, 1.54) is 0 Å². The normalized spacial score (nSPS) is 16.1. The summed E-state index contributed by atoms with van der Waals surface area (Å²) in [5, 5.41) is 6.99. The van der Waals surface area contributed by atoms with E-state index in [-0.39, 0.29) is 24.6 Å². The van der Waals surface area contributed by atoms with Crippen LogP contribution in [0.4, 0.5) is 0 Å². The summed E-state index contributed by atoms with van der Waals surface area (Å²) in [6, 6.07) is 9.31. The minimum Gasteiger partial charge on any atom is -0.463 e. The molecule has 1 unspecified atom stereocenters. The van der Waals surface area contributed by atoms with E-state index in [0.717, 1.165) is 17.7 Å². The lowest BCUT2D eigenvalue weighted by Crippen LogP contribution is -2.34. The van der Waals surface area contributed by atoms with Crippen LogP contribution in [0.2, 0.25) is 0 Å². The van der Waals surface area contributed by atoms with Crippen molar-refractivity contribution in [3.63, 3.8) is 0 Å². The predicted octanol–water partition coefficient (Wildman–Crippen LogP) is 4.85. The molecule has 170 valence electrons. The van der Waals surface area contributed by atoms with E-state index >= 15 is 0 Å². The number of carbonyl (C=O) groups excluding carboxylic acids is 2. The largest absolute Gasteiger partial charge is 0.463 e. The van der Waals surface area contributed by atoms with Gasteiger partial charge in [0.15, 0.2) is 18.0 Å². The van der Waals surface area contributed by atoms with Gasteiger partial charge in [-0.25, -0.2) is 14.5 Å². The predicted molar refractivity (Wildman–Crippen MR) is 124 cm³/mol. The third kappa shape index (κ3) is 4.04. The Balaban J connectivity index is 1.39. The van der Waals surface area contributed by atoms with Gasteiger partial charge in [-0.1, -0.05) is 6.07 Å². The van der Waals surface area contributed by atoms with Gasteiger partial charge in [0.2, 0.25) is 0 Å². The summed E-state index contributed by atoms with van der Waals surface area (Å²) in [5.41, 5.74) is 1.38. The summed E-state index contributed by atoms with van der Waals surface area (Å²) < 4.78 is 12.7. The van der Waals surface area contributed by atoms with Crippen molar-refractivity contribution < 1.29 is 18.7 Å². The molecule has 1 atom stereocenters. The van der Waals surface area contributed by atoms with Crippen LogP contribution >= 0.6 is 11.3 Å². The average Bonchev–Trinajstić information content (AvgIpc) is 3.62. The lowest BCUT2D eigenvalue weighted by Gasteiger charge is -2.23. The fourth-order valence-corrected chi connectivity index (χ4v) is 5.12. The number of fused-ring (bicyclic) bond motifs is 1. The van der Waals surface area contributed by atoms with E-state index in [0.29, 0.717) is 34.6 Å². The molecule has 0 aliphatic carbocycles. The number of carbonyl (C=O) groups is 2. The summed E-state index contributed by atoms with van der Waals surface area (Å²) in [5.74, 6) is -0.234. The molecule has 0 spiro atoms. The molecule has 1 aliphatic rings. The van der Waals surface area contributed by atoms with Crippen LogP contribution in [0.3, 0.4) is 0 Å². The minimum atomic E-state index is -0.585. The van der Waals surface area contributed by atoms with Crippen LogP contribution in [0.15, 0.2) is 52.6 Å². The minimum absolute atomic E-state index is 0.0525. The van der Waals surface area contributed by atoms with Gasteiger partial charge in [0.05, 0.1) is 29.5 Å². The molecule has 1 aliphatic heterocycles. The van der Waals surface area contributed by atoms with E-state index in [4.69, 9.17) is 9.15 Å². The molecular weight excluding hydrogens is 440 g/mol. The SMILES string of the molecule is CC(C)n1ncc2c(C(=O)OCC(=O)N3CCCC3c3cccs3)cc(-c3ccco3)nc21. The smallest absolute Gasteiger partial charge is 0.339 e. The number of furan rings is 1. The lowest BCUT2D eigenvalue weighted by molar-refractivity contribution is -0.135. The van der Waals surface area contributed by atoms with Crippen LogP contribution in [0, 0.1) is 0 Å². The molecule has 4 aromatic rings. The number of nitrogens with zero attached hydrogens (tertiary/aromatic N) is 4. The zero-order valence-corrected chi connectivity index (χ0v) is 19.2. The van der Waals surface area contributed by atoms with E-state index in [2.05, 4.69) is 10.1 Å². The number of rotatable bonds is 6. The Morgan fingerprint density at radius 1 is 1.30 bits per heavy atom. The molecule has 5 rings (SSSR count). The number of amides is 1. The first-order chi connectivity index (χ1) is 16.0. The zero-order valence-electron chi connectivity index (χ0n) is 18.4. The fourth-order valence-electron chi connectivity index (χ4n) is 4.25. The Bertz CT molecular complexity index is 1280. The molecular formula is C24H24N4O4S. The van der Waals surface area contributed by atoms with Crippen molar-refractivity contribution in [2.75, 3.05) is 13.2 Å². The van der Waals surface area contributed by atoms with Crippen molar-refractivity contribution in [2.45, 2.75) is 38.8 Å². The number of aromatic nitrogens is 3. The maximum absolute atomic E-state index is 13.1. The Labute approximate surface area is 194 Å². The summed E-state index contributed by atoms with van der Waals surface area (Å²) >= 11 is 1.64. The second-order valence-corrected chi connectivity index (χ2v) is 9.27. The Hall–Kier alpha value is -3.46. The molecule has 4 aromatic heterocycles. The lowest BCUT2D eigenvalue weighted by atomic mass is 10.1. The molecule has 8 nitrogen and oxygen atoms in total. The molecule has 5 heterocycles. The highest BCUT2D eigenvalue weighted by Crippen LogP contribution is 2.34. The van der Waals surface area contributed by atoms with Crippen LogP contribution in [-0.4, -0.2) is 44.7 Å². The molecule has 0 N–H and O–H groups in total. The molecule has 1 amide bonds. The first-order valence-electron chi connectivity index (χ1n) is 10.9. The second kappa shape index (κ2) is 8.82. The molecule has 1 fully saturated rings. The quantitative estimate of drug-likeness (QED) is 0.379. The maximum Gasteiger partial charge on any atom is 0.339 e. The molecule has 0 saturated carbocycles. The van der Waals surface area contributed by atoms with E-state index < -0.39 is 5.97 Å². The summed E-state index contributed by atoms with van der Waals surface area (Å²) in [4.78, 5) is 33.6. The monoisotopic (exact) mass is 464 g/mol. The van der Waals surface area contributed by atoms with Gasteiger partial charge in [0.1, 0.15) is 5.69 Å². The van der Waals surface area contributed by atoms with Gasteiger partial charge in [0.25, 0.3) is 5.91 Å². The number of hydrogen-bond acceptors (Lipinski definition) is 7. The highest BCUT2D eigenvalue weighted by Gasteiger charge is 2.31. The summed E-state index contributed by atoms with van der Waals surface area (Å²) in [7, 11) is 0. The van der Waals surface area contributed by atoms with Crippen LogP contribution in [-0.2, 0) is 9.53 Å². The highest BCUT2D eigenvalue weighted by molar-refractivity contribution is 7.10. The topological polar surface area (TPSA) is 90.5 Å². The van der Waals surface area contributed by atoms with Crippen LogP contribution in [0.25, 0.3) is 22.5 Å². The van der Waals surface area contributed by atoms with Crippen LogP contribution in [0.1, 0.15) is 54.0 Å². The number of hydrogen-bond donors (Lipinski definition) is 0. The molecule has 0 aromatic carbocycles. The van der Waals surface area contributed by atoms with Crippen molar-refractivity contribution in [3.8, 4) is 11.5 Å². The third-order valence-corrected chi connectivity index (χ3v) is 6.79. The van der Waals surface area contributed by atoms with E-state index in [1.54, 1.807) is 46.7 Å². The molecule has 0 bridgehead atoms. The van der Waals surface area contributed by atoms with Gasteiger partial charge >= 0.3 is 5.97 Å². The average molecular weight is 465 g/mol. The van der Waals surface area contributed by atoms with Gasteiger partial charge in [-0.2, -0.15) is 5.10 Å². The Kier molecular flexibility index (Phi) is 5.72. The molecule has 33 heavy (non-hydrogen) atoms. The first-order valence-corrected chi connectivity index (χ1v) is 11.8. The zero-order chi connectivity index (χ0) is 22.9. The van der Waals surface area contributed by atoms with Crippen molar-refractivity contribution in [1.29, 1.82) is 0 Å². The number of thiophene rings is 1. The van der Waals surface area contributed by atoms with Gasteiger partial charge in [-0.15, -0.1) is 11.3 Å². The number of likely N-dealkylation sites (tertiary alicyclic amines) is 1. The summed E-state index contributed by atoms with van der Waals surface area (Å²) in [6.07, 6.45) is 5.03. The first kappa shape index (κ1) is 21.4. The van der Waals surface area contributed by atoms with E-state index in [9.17, 15) is 9.59 Å². The maximum atomic E-state index is 13.1. The van der Waals surface area contributed by atoms with Gasteiger partial charge in [-0.3, -0.25) is 4.79 Å². The van der Waals surface area contributed by atoms with Crippen molar-refractivity contribution in [2.24, 2.45) is 0 Å². The van der Waals surface area contributed by atoms with Crippen LogP contribution < -0.4 is 0 Å². The fraction of sp³-hybridized carbons (Fsp3) is 0.333. The molecule has 0 radical (unpaired) electrons. The third-order valence-electron chi connectivity index (χ3n) is 5.82. The molecule has 1 saturated heterocycles. The van der Waals surface area contributed by atoms with Gasteiger partial charge in [0, 0.05) is 17.5 Å². The number of esters is 1. The Morgan fingerprint density at radius 2 is 2.18 bits per heavy atom. The number of ether oxygens (including phenoxy) is 1. The highest BCUT2D eigenvalue weighted by atomic mass is 32.1. The second-order valence-electron chi connectivity index (χ2n) is 8.29. The van der Waals surface area contributed by atoms with Crippen LogP contribution in [0.5, 0.6) is 0 Å². The van der Waals surface area contributed by atoms with Gasteiger partial charge < -0.3 is 14.1 Å². The number of pyridine rings is 1. The summed E-state index contributed by atoms with van der Waals surface area (Å²) in [6.45, 7) is 4.34. The molecule has 9 heteroatoms. The van der Waals surface area contributed by atoms with Crippen molar-refractivity contribution in [1.82, 2.24) is 19.7 Å². The van der Waals surface area contributed by atoms with Gasteiger partial charge in [-0.05, 0) is 56.3 Å². The van der Waals surface area contributed by atoms with Crippen molar-refractivity contribution >= 4 is 34.2 Å². The Morgan fingerprint density at radius 3 is 2.91 bits per heavy atom. The van der Waals surface area contributed by atoms with Crippen molar-refractivity contribution in [3.05, 3.63) is 58.6 Å². The van der Waals surface area contributed by atoms with E-state index in [1.807, 2.05) is 36.3 Å².